The van der Waals surface area contributed by atoms with Crippen molar-refractivity contribution in [3.8, 4) is 5.75 Å². The van der Waals surface area contributed by atoms with Gasteiger partial charge in [0.1, 0.15) is 18.5 Å². The molecule has 0 heterocycles. The third-order valence-corrected chi connectivity index (χ3v) is 3.08. The first-order valence-electron chi connectivity index (χ1n) is 6.69. The molecule has 4 N–H and O–H groups in total. The lowest BCUT2D eigenvalue weighted by atomic mass is 9.93. The molecular formula is C15H24N2O3. The average Bonchev–Trinajstić information content (AvgIpc) is 2.37. The van der Waals surface area contributed by atoms with Crippen molar-refractivity contribution in [1.82, 2.24) is 5.32 Å². The summed E-state index contributed by atoms with van der Waals surface area (Å²) in [7, 11) is 0. The Balaban J connectivity index is 2.25. The fourth-order valence-corrected chi connectivity index (χ4v) is 1.52. The van der Waals surface area contributed by atoms with E-state index >= 15 is 0 Å². The zero-order valence-corrected chi connectivity index (χ0v) is 12.3. The first-order valence-corrected chi connectivity index (χ1v) is 6.69. The van der Waals surface area contributed by atoms with E-state index in [4.69, 9.17) is 10.5 Å². The van der Waals surface area contributed by atoms with Crippen LogP contribution in [0.4, 0.5) is 0 Å². The molecule has 0 aliphatic heterocycles. The largest absolute Gasteiger partial charge is 0.491 e. The van der Waals surface area contributed by atoms with Crippen molar-refractivity contribution in [2.75, 3.05) is 19.7 Å². The number of ether oxygens (including phenoxy) is 1. The summed E-state index contributed by atoms with van der Waals surface area (Å²) in [5, 5.41) is 12.8. The normalized spacial score (nSPS) is 13.0. The Morgan fingerprint density at radius 2 is 2.00 bits per heavy atom. The van der Waals surface area contributed by atoms with Gasteiger partial charge in [0, 0.05) is 13.1 Å². The Bertz CT molecular complexity index is 429. The van der Waals surface area contributed by atoms with Gasteiger partial charge in [-0.15, -0.1) is 0 Å². The summed E-state index contributed by atoms with van der Waals surface area (Å²) in [5.41, 5.74) is 5.80. The zero-order chi connectivity index (χ0) is 15.2. The highest BCUT2D eigenvalue weighted by Crippen LogP contribution is 2.12. The molecule has 0 saturated carbocycles. The Morgan fingerprint density at radius 3 is 2.55 bits per heavy atom. The molecule has 0 saturated heterocycles. The van der Waals surface area contributed by atoms with Gasteiger partial charge >= 0.3 is 0 Å². The second kappa shape index (κ2) is 7.26. The summed E-state index contributed by atoms with van der Waals surface area (Å²) in [4.78, 5) is 11.1. The third-order valence-electron chi connectivity index (χ3n) is 3.08. The van der Waals surface area contributed by atoms with Crippen molar-refractivity contribution < 1.29 is 14.6 Å². The molecular weight excluding hydrogens is 256 g/mol. The van der Waals surface area contributed by atoms with E-state index in [0.29, 0.717) is 13.1 Å². The van der Waals surface area contributed by atoms with Crippen molar-refractivity contribution in [2.24, 2.45) is 11.1 Å². The monoisotopic (exact) mass is 280 g/mol. The second-order valence-electron chi connectivity index (χ2n) is 5.66. The topological polar surface area (TPSA) is 84.6 Å². The quantitative estimate of drug-likeness (QED) is 0.658. The maximum absolute atomic E-state index is 11.1. The molecule has 0 fully saturated rings. The van der Waals surface area contributed by atoms with Crippen LogP contribution in [-0.2, 0) is 4.79 Å². The number of aliphatic hydroxyl groups excluding tert-OH is 1. The molecule has 20 heavy (non-hydrogen) atoms. The number of rotatable bonds is 8. The number of benzene rings is 1. The molecule has 0 aliphatic rings. The molecule has 1 aromatic carbocycles. The van der Waals surface area contributed by atoms with Crippen molar-refractivity contribution in [3.63, 3.8) is 0 Å². The van der Waals surface area contributed by atoms with E-state index in [9.17, 15) is 9.90 Å². The Hall–Kier alpha value is -1.59. The smallest absolute Gasteiger partial charge is 0.224 e. The fraction of sp³-hybridized carbons (Fsp3) is 0.533. The second-order valence-corrected chi connectivity index (χ2v) is 5.66. The molecule has 0 bridgehead atoms. The minimum Gasteiger partial charge on any atom is -0.491 e. The van der Waals surface area contributed by atoms with Crippen LogP contribution in [0.2, 0.25) is 0 Å². The molecule has 0 spiro atoms. The number of carbonyl (C=O) groups is 1. The highest BCUT2D eigenvalue weighted by atomic mass is 16.5. The van der Waals surface area contributed by atoms with E-state index in [1.54, 1.807) is 13.8 Å². The van der Waals surface area contributed by atoms with Gasteiger partial charge in [0.2, 0.25) is 5.91 Å². The van der Waals surface area contributed by atoms with Crippen LogP contribution < -0.4 is 15.8 Å². The van der Waals surface area contributed by atoms with Crippen LogP contribution in [0.1, 0.15) is 19.4 Å². The van der Waals surface area contributed by atoms with Crippen LogP contribution in [0, 0.1) is 12.3 Å². The summed E-state index contributed by atoms with van der Waals surface area (Å²) in [6, 6.07) is 7.64. The molecule has 1 amide bonds. The number of primary amides is 1. The van der Waals surface area contributed by atoms with Crippen LogP contribution in [0.3, 0.4) is 0 Å². The Morgan fingerprint density at radius 1 is 1.40 bits per heavy atom. The molecule has 5 nitrogen and oxygen atoms in total. The van der Waals surface area contributed by atoms with Gasteiger partial charge in [0.05, 0.1) is 5.41 Å². The first kappa shape index (κ1) is 16.5. The number of hydrogen-bond donors (Lipinski definition) is 3. The van der Waals surface area contributed by atoms with Crippen LogP contribution in [0.15, 0.2) is 24.3 Å². The molecule has 1 aromatic rings. The van der Waals surface area contributed by atoms with Crippen LogP contribution in [0.5, 0.6) is 5.75 Å². The number of nitrogens with two attached hydrogens (primary N) is 1. The van der Waals surface area contributed by atoms with Crippen LogP contribution in [0.25, 0.3) is 0 Å². The standard InChI is InChI=1S/C15H24N2O3/c1-11-4-6-13(7-5-11)20-9-12(18)8-17-10-15(2,3)14(16)19/h4-7,12,17-18H,8-10H2,1-3H3,(H2,16,19). The predicted octanol–water partition coefficient (Wildman–Crippen LogP) is 0.836. The number of amides is 1. The SMILES string of the molecule is Cc1ccc(OCC(O)CNCC(C)(C)C(N)=O)cc1. The number of hydrogen-bond acceptors (Lipinski definition) is 4. The van der Waals surface area contributed by atoms with Gasteiger partial charge < -0.3 is 20.9 Å². The lowest BCUT2D eigenvalue weighted by Gasteiger charge is -2.22. The molecule has 1 atom stereocenters. The van der Waals surface area contributed by atoms with E-state index in [-0.39, 0.29) is 12.5 Å². The van der Waals surface area contributed by atoms with Gasteiger partial charge in [-0.25, -0.2) is 0 Å². The van der Waals surface area contributed by atoms with Gasteiger partial charge in [-0.05, 0) is 32.9 Å². The summed E-state index contributed by atoms with van der Waals surface area (Å²) in [6.07, 6.45) is -0.639. The van der Waals surface area contributed by atoms with Crippen molar-refractivity contribution in [2.45, 2.75) is 26.9 Å². The molecule has 5 heteroatoms. The van der Waals surface area contributed by atoms with Gasteiger partial charge in [-0.2, -0.15) is 0 Å². The van der Waals surface area contributed by atoms with Crippen molar-refractivity contribution in [3.05, 3.63) is 29.8 Å². The molecule has 0 radical (unpaired) electrons. The van der Waals surface area contributed by atoms with Crippen molar-refractivity contribution >= 4 is 5.91 Å². The minimum atomic E-state index is -0.639. The molecule has 112 valence electrons. The first-order chi connectivity index (χ1) is 9.31. The maximum Gasteiger partial charge on any atom is 0.224 e. The molecule has 0 aliphatic carbocycles. The third kappa shape index (κ3) is 5.59. The van der Waals surface area contributed by atoms with E-state index in [0.717, 1.165) is 11.3 Å². The van der Waals surface area contributed by atoms with E-state index in [2.05, 4.69) is 5.32 Å². The van der Waals surface area contributed by atoms with Gasteiger partial charge in [-0.3, -0.25) is 4.79 Å². The Kier molecular flexibility index (Phi) is 5.98. The highest BCUT2D eigenvalue weighted by Gasteiger charge is 2.24. The zero-order valence-electron chi connectivity index (χ0n) is 12.3. The van der Waals surface area contributed by atoms with Gasteiger partial charge in [0.15, 0.2) is 0 Å². The van der Waals surface area contributed by atoms with Gasteiger partial charge in [-0.1, -0.05) is 17.7 Å². The van der Waals surface area contributed by atoms with E-state index in [1.807, 2.05) is 31.2 Å². The fourth-order valence-electron chi connectivity index (χ4n) is 1.52. The van der Waals surface area contributed by atoms with E-state index in [1.165, 1.54) is 0 Å². The summed E-state index contributed by atoms with van der Waals surface area (Å²) < 4.78 is 5.47. The summed E-state index contributed by atoms with van der Waals surface area (Å²) >= 11 is 0. The lowest BCUT2D eigenvalue weighted by molar-refractivity contribution is -0.125. The molecule has 1 unspecified atom stereocenters. The average molecular weight is 280 g/mol. The maximum atomic E-state index is 11.1. The minimum absolute atomic E-state index is 0.201. The van der Waals surface area contributed by atoms with Crippen LogP contribution >= 0.6 is 0 Å². The van der Waals surface area contributed by atoms with E-state index < -0.39 is 11.5 Å². The van der Waals surface area contributed by atoms with Gasteiger partial charge in [0.25, 0.3) is 0 Å². The summed E-state index contributed by atoms with van der Waals surface area (Å²) in [6.45, 7) is 6.50. The van der Waals surface area contributed by atoms with Crippen molar-refractivity contribution in [1.29, 1.82) is 0 Å². The summed E-state index contributed by atoms with van der Waals surface area (Å²) in [5.74, 6) is 0.363. The predicted molar refractivity (Wildman–Crippen MR) is 78.5 cm³/mol. The number of aryl methyl sites for hydroxylation is 1. The number of carbonyl (C=O) groups excluding carboxylic acids is 1. The number of aliphatic hydroxyl groups is 1. The molecule has 1 rings (SSSR count). The molecule has 0 aromatic heterocycles. The lowest BCUT2D eigenvalue weighted by Crippen LogP contribution is -2.43. The number of nitrogens with one attached hydrogen (secondary N) is 1. The van der Waals surface area contributed by atoms with Crippen LogP contribution in [-0.4, -0.2) is 36.8 Å². The highest BCUT2D eigenvalue weighted by molar-refractivity contribution is 5.80. The Labute approximate surface area is 120 Å².